The van der Waals surface area contributed by atoms with Crippen molar-refractivity contribution in [1.82, 2.24) is 0 Å². The molecular formula is C54H104O6. The molecule has 356 valence electrons. The van der Waals surface area contributed by atoms with E-state index in [2.05, 4.69) is 27.7 Å². The lowest BCUT2D eigenvalue weighted by Gasteiger charge is -2.18. The highest BCUT2D eigenvalue weighted by molar-refractivity contribution is 5.71. The maximum atomic E-state index is 12.8. The van der Waals surface area contributed by atoms with Crippen LogP contribution in [0.4, 0.5) is 0 Å². The molecule has 0 aliphatic rings. The fourth-order valence-electron chi connectivity index (χ4n) is 8.22. The summed E-state index contributed by atoms with van der Waals surface area (Å²) in [7, 11) is 0. The van der Waals surface area contributed by atoms with Gasteiger partial charge in [-0.2, -0.15) is 0 Å². The summed E-state index contributed by atoms with van der Waals surface area (Å²) in [6.45, 7) is 8.97. The third-order valence-electron chi connectivity index (χ3n) is 12.3. The van der Waals surface area contributed by atoms with Crippen LogP contribution in [-0.4, -0.2) is 37.2 Å². The first-order valence-corrected chi connectivity index (χ1v) is 26.9. The van der Waals surface area contributed by atoms with Gasteiger partial charge in [-0.15, -0.1) is 0 Å². The van der Waals surface area contributed by atoms with E-state index in [9.17, 15) is 14.4 Å². The maximum absolute atomic E-state index is 12.8. The third kappa shape index (κ3) is 47.5. The fraction of sp³-hybridized carbons (Fsp3) is 0.944. The Morgan fingerprint density at radius 1 is 0.317 bits per heavy atom. The fourth-order valence-corrected chi connectivity index (χ4v) is 8.22. The second-order valence-electron chi connectivity index (χ2n) is 19.0. The zero-order valence-electron chi connectivity index (χ0n) is 40.9. The van der Waals surface area contributed by atoms with Crippen LogP contribution in [0, 0.1) is 5.92 Å². The second kappa shape index (κ2) is 48.4. The minimum absolute atomic E-state index is 0.0634. The summed E-state index contributed by atoms with van der Waals surface area (Å²) in [6, 6.07) is 0. The quantitative estimate of drug-likeness (QED) is 0.0345. The van der Waals surface area contributed by atoms with E-state index in [0.717, 1.165) is 63.7 Å². The van der Waals surface area contributed by atoms with Gasteiger partial charge in [-0.1, -0.05) is 265 Å². The van der Waals surface area contributed by atoms with Gasteiger partial charge in [0.2, 0.25) is 0 Å². The molecule has 1 atom stereocenters. The predicted octanol–water partition coefficient (Wildman–Crippen LogP) is 17.5. The van der Waals surface area contributed by atoms with Crippen molar-refractivity contribution in [2.45, 2.75) is 310 Å². The monoisotopic (exact) mass is 849 g/mol. The molecule has 0 aliphatic heterocycles. The molecule has 0 fully saturated rings. The van der Waals surface area contributed by atoms with Gasteiger partial charge in [0.05, 0.1) is 0 Å². The van der Waals surface area contributed by atoms with Crippen LogP contribution >= 0.6 is 0 Å². The van der Waals surface area contributed by atoms with Gasteiger partial charge in [0.1, 0.15) is 13.2 Å². The summed E-state index contributed by atoms with van der Waals surface area (Å²) >= 11 is 0. The van der Waals surface area contributed by atoms with Crippen LogP contribution in [0.5, 0.6) is 0 Å². The molecule has 0 heterocycles. The molecule has 0 saturated carbocycles. The zero-order valence-corrected chi connectivity index (χ0v) is 40.9. The SMILES string of the molecule is CCCCCCCCCCCCCCCCCCCCC(=O)OC[C@@H](COC(=O)CCCCCCCCC(C)C)OC(=O)CCCCCCCCCCCCCCCCC. The molecule has 60 heavy (non-hydrogen) atoms. The average molecular weight is 849 g/mol. The van der Waals surface area contributed by atoms with Crippen LogP contribution in [0.2, 0.25) is 0 Å². The summed E-state index contributed by atoms with van der Waals surface area (Å²) in [5, 5.41) is 0. The van der Waals surface area contributed by atoms with Crippen molar-refractivity contribution in [2.24, 2.45) is 5.92 Å². The van der Waals surface area contributed by atoms with E-state index in [1.165, 1.54) is 199 Å². The van der Waals surface area contributed by atoms with E-state index < -0.39 is 6.10 Å². The zero-order chi connectivity index (χ0) is 43.8. The van der Waals surface area contributed by atoms with Crippen LogP contribution in [0.3, 0.4) is 0 Å². The molecular weight excluding hydrogens is 745 g/mol. The minimum atomic E-state index is -0.761. The Hall–Kier alpha value is -1.59. The molecule has 0 radical (unpaired) electrons. The summed E-state index contributed by atoms with van der Waals surface area (Å²) in [6.07, 6.45) is 51.1. The lowest BCUT2D eigenvalue weighted by molar-refractivity contribution is -0.167. The molecule has 0 aromatic rings. The van der Waals surface area contributed by atoms with Gasteiger partial charge >= 0.3 is 17.9 Å². The van der Waals surface area contributed by atoms with E-state index in [-0.39, 0.29) is 31.1 Å². The normalized spacial score (nSPS) is 11.9. The highest BCUT2D eigenvalue weighted by Crippen LogP contribution is 2.17. The molecule has 0 amide bonds. The topological polar surface area (TPSA) is 78.9 Å². The lowest BCUT2D eigenvalue weighted by Crippen LogP contribution is -2.30. The van der Waals surface area contributed by atoms with Crippen LogP contribution < -0.4 is 0 Å². The van der Waals surface area contributed by atoms with Gasteiger partial charge in [0, 0.05) is 19.3 Å². The summed E-state index contributed by atoms with van der Waals surface area (Å²) in [4.78, 5) is 37.9. The first-order chi connectivity index (χ1) is 29.4. The largest absolute Gasteiger partial charge is 0.462 e. The highest BCUT2D eigenvalue weighted by atomic mass is 16.6. The molecule has 0 aromatic carbocycles. The van der Waals surface area contributed by atoms with Crippen molar-refractivity contribution in [3.8, 4) is 0 Å². The van der Waals surface area contributed by atoms with Crippen LogP contribution in [-0.2, 0) is 28.6 Å². The molecule has 0 spiro atoms. The number of carbonyl (C=O) groups excluding carboxylic acids is 3. The van der Waals surface area contributed by atoms with Crippen molar-refractivity contribution in [3.05, 3.63) is 0 Å². The van der Waals surface area contributed by atoms with Gasteiger partial charge in [0.25, 0.3) is 0 Å². The minimum Gasteiger partial charge on any atom is -0.462 e. The predicted molar refractivity (Wildman–Crippen MR) is 257 cm³/mol. The summed E-state index contributed by atoms with van der Waals surface area (Å²) in [5.41, 5.74) is 0. The van der Waals surface area contributed by atoms with E-state index in [4.69, 9.17) is 14.2 Å². The van der Waals surface area contributed by atoms with Gasteiger partial charge < -0.3 is 14.2 Å². The smallest absolute Gasteiger partial charge is 0.306 e. The molecule has 0 rings (SSSR count). The number of rotatable bonds is 49. The lowest BCUT2D eigenvalue weighted by atomic mass is 10.0. The molecule has 0 bridgehead atoms. The Balaban J connectivity index is 4.23. The van der Waals surface area contributed by atoms with Crippen molar-refractivity contribution < 1.29 is 28.6 Å². The Morgan fingerprint density at radius 3 is 0.817 bits per heavy atom. The van der Waals surface area contributed by atoms with Gasteiger partial charge in [-0.3, -0.25) is 14.4 Å². The Labute approximate surface area is 374 Å². The molecule has 0 N–H and O–H groups in total. The first kappa shape index (κ1) is 58.4. The Morgan fingerprint density at radius 2 is 0.550 bits per heavy atom. The van der Waals surface area contributed by atoms with Crippen LogP contribution in [0.25, 0.3) is 0 Å². The second-order valence-corrected chi connectivity index (χ2v) is 19.0. The summed E-state index contributed by atoms with van der Waals surface area (Å²) in [5.74, 6) is -0.0837. The third-order valence-corrected chi connectivity index (χ3v) is 12.3. The van der Waals surface area contributed by atoms with Crippen molar-refractivity contribution in [2.75, 3.05) is 13.2 Å². The van der Waals surface area contributed by atoms with Gasteiger partial charge in [-0.05, 0) is 25.2 Å². The summed E-state index contributed by atoms with van der Waals surface area (Å²) < 4.78 is 16.8. The number of hydrogen-bond acceptors (Lipinski definition) is 6. The number of esters is 3. The first-order valence-electron chi connectivity index (χ1n) is 26.9. The number of ether oxygens (including phenoxy) is 3. The Bertz CT molecular complexity index is 903. The van der Waals surface area contributed by atoms with Crippen LogP contribution in [0.15, 0.2) is 0 Å². The number of unbranched alkanes of at least 4 members (excludes halogenated alkanes) is 36. The van der Waals surface area contributed by atoms with E-state index >= 15 is 0 Å². The van der Waals surface area contributed by atoms with Crippen molar-refractivity contribution >= 4 is 17.9 Å². The standard InChI is InChI=1S/C54H104O6/c1-5-7-9-11-13-15-17-19-21-22-23-25-26-28-30-32-37-41-45-52(55)58-48-51(49-59-53(56)46-42-38-35-34-36-40-44-50(3)4)60-54(57)47-43-39-33-31-29-27-24-20-18-16-14-12-10-8-6-2/h50-51H,5-49H2,1-4H3/t51-/m0/s1. The van der Waals surface area contributed by atoms with E-state index in [0.29, 0.717) is 19.3 Å². The van der Waals surface area contributed by atoms with Crippen molar-refractivity contribution in [1.29, 1.82) is 0 Å². The molecule has 0 aliphatic carbocycles. The molecule has 0 unspecified atom stereocenters. The molecule has 0 aromatic heterocycles. The number of carbonyl (C=O) groups is 3. The van der Waals surface area contributed by atoms with E-state index in [1.54, 1.807) is 0 Å². The van der Waals surface area contributed by atoms with Crippen molar-refractivity contribution in [3.63, 3.8) is 0 Å². The average Bonchev–Trinajstić information content (AvgIpc) is 3.23. The van der Waals surface area contributed by atoms with Gasteiger partial charge in [0.15, 0.2) is 6.10 Å². The highest BCUT2D eigenvalue weighted by Gasteiger charge is 2.19. The molecule has 6 nitrogen and oxygen atoms in total. The maximum Gasteiger partial charge on any atom is 0.306 e. The number of hydrogen-bond donors (Lipinski definition) is 0. The van der Waals surface area contributed by atoms with Crippen LogP contribution in [0.1, 0.15) is 304 Å². The Kier molecular flexibility index (Phi) is 47.2. The molecule has 0 saturated heterocycles. The molecule has 6 heteroatoms. The van der Waals surface area contributed by atoms with Gasteiger partial charge in [-0.25, -0.2) is 0 Å². The van der Waals surface area contributed by atoms with E-state index in [1.807, 2.05) is 0 Å².